The van der Waals surface area contributed by atoms with Crippen LogP contribution in [0.15, 0.2) is 30.3 Å². The summed E-state index contributed by atoms with van der Waals surface area (Å²) in [6.07, 6.45) is -4.84. The summed E-state index contributed by atoms with van der Waals surface area (Å²) >= 11 is 17.7. The molecule has 0 saturated carbocycles. The minimum Gasteiger partial charge on any atom is -0.435 e. The van der Waals surface area contributed by atoms with E-state index in [0.29, 0.717) is 6.07 Å². The molecule has 0 spiro atoms. The molecule has 23 heavy (non-hydrogen) atoms. The van der Waals surface area contributed by atoms with Gasteiger partial charge in [0.15, 0.2) is 0 Å². The minimum absolute atomic E-state index is 0.00657. The van der Waals surface area contributed by atoms with Crippen LogP contribution in [-0.4, -0.2) is 6.61 Å². The molecule has 0 saturated heterocycles. The highest BCUT2D eigenvalue weighted by molar-refractivity contribution is 6.46. The zero-order valence-corrected chi connectivity index (χ0v) is 13.2. The lowest BCUT2D eigenvalue weighted by Crippen LogP contribution is -2.09. The van der Waals surface area contributed by atoms with Crippen LogP contribution >= 0.6 is 34.8 Å². The average molecular weight is 392 g/mol. The fourth-order valence-electron chi connectivity index (χ4n) is 1.93. The molecule has 0 fully saturated rings. The highest BCUT2D eigenvalue weighted by Crippen LogP contribution is 2.45. The molecule has 0 heterocycles. The molecular weight excluding hydrogens is 386 g/mol. The summed E-state index contributed by atoms with van der Waals surface area (Å²) in [6, 6.07) is 4.98. The number of halogens is 8. The molecule has 0 amide bonds. The van der Waals surface area contributed by atoms with Crippen LogP contribution in [0.3, 0.4) is 0 Å². The largest absolute Gasteiger partial charge is 0.435 e. The Labute approximate surface area is 142 Å². The molecule has 124 valence electrons. The fraction of sp³-hybridized carbons (Fsp3) is 0.143. The fourth-order valence-corrected chi connectivity index (χ4v) is 2.66. The van der Waals surface area contributed by atoms with Crippen LogP contribution in [0.2, 0.25) is 15.1 Å². The zero-order valence-electron chi connectivity index (χ0n) is 10.9. The summed E-state index contributed by atoms with van der Waals surface area (Å²) in [5.41, 5.74) is -1.75. The summed E-state index contributed by atoms with van der Waals surface area (Å²) < 4.78 is 68.1. The van der Waals surface area contributed by atoms with Gasteiger partial charge in [-0.15, -0.1) is 0 Å². The normalized spacial score (nSPS) is 11.9. The second-order valence-corrected chi connectivity index (χ2v) is 5.49. The first kappa shape index (κ1) is 18.1. The van der Waals surface area contributed by atoms with E-state index in [-0.39, 0.29) is 20.6 Å². The summed E-state index contributed by atoms with van der Waals surface area (Å²) in [4.78, 5) is 0. The zero-order chi connectivity index (χ0) is 17.4. The first-order valence-electron chi connectivity index (χ1n) is 5.91. The molecule has 0 radical (unpaired) electrons. The van der Waals surface area contributed by atoms with Crippen molar-refractivity contribution in [2.45, 2.75) is 12.8 Å². The van der Waals surface area contributed by atoms with Gasteiger partial charge in [0.2, 0.25) is 0 Å². The van der Waals surface area contributed by atoms with Crippen molar-refractivity contribution in [1.29, 1.82) is 0 Å². The molecule has 0 aliphatic carbocycles. The van der Waals surface area contributed by atoms with E-state index in [9.17, 15) is 22.0 Å². The maximum absolute atomic E-state index is 13.3. The molecular formula is C14H6Cl3F5O. The van der Waals surface area contributed by atoms with Gasteiger partial charge in [-0.2, -0.15) is 22.0 Å². The summed E-state index contributed by atoms with van der Waals surface area (Å²) in [5, 5.41) is -0.230. The Morgan fingerprint density at radius 2 is 1.52 bits per heavy atom. The Bertz CT molecular complexity index is 731. The van der Waals surface area contributed by atoms with Crippen LogP contribution in [0.5, 0.6) is 5.75 Å². The lowest BCUT2D eigenvalue weighted by atomic mass is 9.98. The topological polar surface area (TPSA) is 9.23 Å². The van der Waals surface area contributed by atoms with Gasteiger partial charge in [-0.05, 0) is 35.9 Å². The highest BCUT2D eigenvalue weighted by atomic mass is 35.5. The van der Waals surface area contributed by atoms with Crippen molar-refractivity contribution in [3.63, 3.8) is 0 Å². The van der Waals surface area contributed by atoms with E-state index < -0.39 is 29.7 Å². The predicted octanol–water partition coefficient (Wildman–Crippen LogP) is 6.93. The first-order valence-corrected chi connectivity index (χ1v) is 7.04. The quantitative estimate of drug-likeness (QED) is 0.407. The molecule has 0 bridgehead atoms. The van der Waals surface area contributed by atoms with Gasteiger partial charge in [0.1, 0.15) is 5.75 Å². The van der Waals surface area contributed by atoms with Crippen LogP contribution in [0, 0.1) is 0 Å². The third kappa shape index (κ3) is 4.00. The van der Waals surface area contributed by atoms with E-state index >= 15 is 0 Å². The van der Waals surface area contributed by atoms with Crippen molar-refractivity contribution < 1.29 is 26.7 Å². The lowest BCUT2D eigenvalue weighted by Gasteiger charge is -2.17. The van der Waals surface area contributed by atoms with Gasteiger partial charge in [0.05, 0.1) is 20.6 Å². The molecule has 0 aliphatic heterocycles. The van der Waals surface area contributed by atoms with Gasteiger partial charge in [0, 0.05) is 5.56 Å². The molecule has 0 unspecified atom stereocenters. The highest BCUT2D eigenvalue weighted by Gasteiger charge is 2.35. The Balaban J connectivity index is 2.70. The summed E-state index contributed by atoms with van der Waals surface area (Å²) in [6.45, 7) is -3.25. The van der Waals surface area contributed by atoms with Crippen LogP contribution in [0.4, 0.5) is 22.0 Å². The standard InChI is InChI=1S/C14H6Cl3F5O/c15-9-3-4-10(16)12(17)11(9)7-2-1-6(23-13(18)19)5-8(7)14(20,21)22/h1-5,13H. The van der Waals surface area contributed by atoms with Crippen molar-refractivity contribution >= 4 is 34.8 Å². The van der Waals surface area contributed by atoms with E-state index in [1.165, 1.54) is 12.1 Å². The Hall–Kier alpha value is -1.24. The van der Waals surface area contributed by atoms with E-state index in [4.69, 9.17) is 34.8 Å². The molecule has 0 atom stereocenters. The number of alkyl halides is 5. The van der Waals surface area contributed by atoms with Crippen molar-refractivity contribution in [1.82, 2.24) is 0 Å². The smallest absolute Gasteiger partial charge is 0.417 e. The maximum Gasteiger partial charge on any atom is 0.417 e. The van der Waals surface area contributed by atoms with Gasteiger partial charge in [-0.25, -0.2) is 0 Å². The predicted molar refractivity (Wildman–Crippen MR) is 78.5 cm³/mol. The van der Waals surface area contributed by atoms with Gasteiger partial charge >= 0.3 is 12.8 Å². The van der Waals surface area contributed by atoms with Crippen molar-refractivity contribution in [2.75, 3.05) is 0 Å². The molecule has 0 aliphatic rings. The van der Waals surface area contributed by atoms with E-state index in [1.54, 1.807) is 0 Å². The van der Waals surface area contributed by atoms with E-state index in [1.807, 2.05) is 0 Å². The van der Waals surface area contributed by atoms with E-state index in [0.717, 1.165) is 12.1 Å². The van der Waals surface area contributed by atoms with Gasteiger partial charge < -0.3 is 4.74 Å². The van der Waals surface area contributed by atoms with Crippen LogP contribution in [0.25, 0.3) is 11.1 Å². The Kier molecular flexibility index (Phi) is 5.28. The van der Waals surface area contributed by atoms with Gasteiger partial charge in [0.25, 0.3) is 0 Å². The maximum atomic E-state index is 13.3. The van der Waals surface area contributed by atoms with E-state index in [2.05, 4.69) is 4.74 Å². The number of rotatable bonds is 3. The monoisotopic (exact) mass is 390 g/mol. The van der Waals surface area contributed by atoms with Crippen molar-refractivity contribution in [3.8, 4) is 16.9 Å². The van der Waals surface area contributed by atoms with Gasteiger partial charge in [-0.1, -0.05) is 34.8 Å². The van der Waals surface area contributed by atoms with Crippen LogP contribution in [0.1, 0.15) is 5.56 Å². The third-order valence-electron chi connectivity index (χ3n) is 2.83. The second-order valence-electron chi connectivity index (χ2n) is 4.30. The van der Waals surface area contributed by atoms with Crippen LogP contribution < -0.4 is 4.74 Å². The SMILES string of the molecule is FC(F)Oc1ccc(-c2c(Cl)ccc(Cl)c2Cl)c(C(F)(F)F)c1. The van der Waals surface area contributed by atoms with Crippen molar-refractivity contribution in [3.05, 3.63) is 51.0 Å². The molecule has 0 aromatic heterocycles. The van der Waals surface area contributed by atoms with Gasteiger partial charge in [-0.3, -0.25) is 0 Å². The number of benzene rings is 2. The third-order valence-corrected chi connectivity index (χ3v) is 3.95. The molecule has 9 heteroatoms. The van der Waals surface area contributed by atoms with Crippen molar-refractivity contribution in [2.24, 2.45) is 0 Å². The molecule has 2 rings (SSSR count). The number of hydrogen-bond donors (Lipinski definition) is 0. The lowest BCUT2D eigenvalue weighted by molar-refractivity contribution is -0.137. The minimum atomic E-state index is -4.84. The molecule has 0 N–H and O–H groups in total. The Morgan fingerprint density at radius 3 is 2.09 bits per heavy atom. The Morgan fingerprint density at radius 1 is 0.913 bits per heavy atom. The number of hydrogen-bond acceptors (Lipinski definition) is 1. The average Bonchev–Trinajstić information content (AvgIpc) is 2.43. The second kappa shape index (κ2) is 6.71. The van der Waals surface area contributed by atoms with Crippen LogP contribution in [-0.2, 0) is 6.18 Å². The number of ether oxygens (including phenoxy) is 1. The molecule has 2 aromatic rings. The molecule has 2 aromatic carbocycles. The summed E-state index contributed by atoms with van der Waals surface area (Å²) in [5.74, 6) is -0.634. The summed E-state index contributed by atoms with van der Waals surface area (Å²) in [7, 11) is 0. The first-order chi connectivity index (χ1) is 10.6. The molecule has 1 nitrogen and oxygen atoms in total.